The third kappa shape index (κ3) is 6.31. The Morgan fingerprint density at radius 2 is 2.06 bits per heavy atom. The van der Waals surface area contributed by atoms with Gasteiger partial charge in [0.25, 0.3) is 0 Å². The predicted molar refractivity (Wildman–Crippen MR) is 108 cm³/mol. The molecule has 16 heteroatoms. The molecule has 1 aromatic rings. The van der Waals surface area contributed by atoms with Crippen molar-refractivity contribution in [2.75, 3.05) is 13.1 Å². The molecule has 3 amide bonds. The van der Waals surface area contributed by atoms with Gasteiger partial charge in [0, 0.05) is 6.54 Å². The number of aromatic nitrogens is 2. The number of nitrogens with one attached hydrogen (secondary N) is 2. The molecule has 4 N–H and O–H groups in total. The number of hydrogen-bond donors (Lipinski definition) is 4. The lowest BCUT2D eigenvalue weighted by atomic mass is 10.0. The normalized spacial score (nSPS) is 21.7. The summed E-state index contributed by atoms with van der Waals surface area (Å²) in [7, 11) is -4.85. The van der Waals surface area contributed by atoms with Gasteiger partial charge in [0.05, 0.1) is 12.6 Å². The molecular formula is C17H26N6O9S. The molecule has 184 valence electrons. The minimum Gasteiger partial charge on any atom is -0.444 e. The van der Waals surface area contributed by atoms with E-state index in [9.17, 15) is 23.1 Å². The monoisotopic (exact) mass is 490 g/mol. The Morgan fingerprint density at radius 1 is 1.36 bits per heavy atom. The number of nitrogens with zero attached hydrogens (tertiary/aromatic N) is 4. The van der Waals surface area contributed by atoms with Crippen LogP contribution in [0.3, 0.4) is 0 Å². The van der Waals surface area contributed by atoms with Crippen molar-refractivity contribution in [3.63, 3.8) is 0 Å². The van der Waals surface area contributed by atoms with Gasteiger partial charge in [-0.15, -0.1) is 14.5 Å². The number of carbonyl (C=O) groups is 2. The van der Waals surface area contributed by atoms with Gasteiger partial charge in [0.2, 0.25) is 11.8 Å². The van der Waals surface area contributed by atoms with Gasteiger partial charge in [-0.1, -0.05) is 6.58 Å². The first-order valence-electron chi connectivity index (χ1n) is 9.94. The van der Waals surface area contributed by atoms with E-state index in [2.05, 4.69) is 31.7 Å². The van der Waals surface area contributed by atoms with E-state index in [-0.39, 0.29) is 30.7 Å². The van der Waals surface area contributed by atoms with E-state index >= 15 is 0 Å². The van der Waals surface area contributed by atoms with E-state index in [1.54, 1.807) is 20.8 Å². The minimum atomic E-state index is -4.85. The lowest BCUT2D eigenvalue weighted by molar-refractivity contribution is -0.0317. The van der Waals surface area contributed by atoms with Crippen molar-refractivity contribution < 1.29 is 41.1 Å². The quantitative estimate of drug-likeness (QED) is 0.366. The predicted octanol–water partition coefficient (Wildman–Crippen LogP) is 0.364. The maximum Gasteiger partial charge on any atom is 0.418 e. The number of piperidine rings is 1. The van der Waals surface area contributed by atoms with E-state index in [1.165, 1.54) is 4.90 Å². The smallest absolute Gasteiger partial charge is 0.418 e. The number of urea groups is 1. The number of carbonyl (C=O) groups excluding carboxylic acids is 2. The van der Waals surface area contributed by atoms with Crippen molar-refractivity contribution in [2.45, 2.75) is 57.4 Å². The Labute approximate surface area is 189 Å². The molecule has 2 aliphatic rings. The molecule has 0 aliphatic carbocycles. The van der Waals surface area contributed by atoms with Crippen LogP contribution < -0.4 is 10.6 Å². The van der Waals surface area contributed by atoms with Crippen LogP contribution in [-0.2, 0) is 19.4 Å². The number of hydrogen-bond acceptors (Lipinski definition) is 11. The summed E-state index contributed by atoms with van der Waals surface area (Å²) in [4.78, 5) is 25.5. The van der Waals surface area contributed by atoms with Crippen molar-refractivity contribution >= 4 is 22.5 Å². The highest BCUT2D eigenvalue weighted by Gasteiger charge is 2.49. The lowest BCUT2D eigenvalue weighted by Gasteiger charge is -2.27. The second kappa shape index (κ2) is 9.12. The van der Waals surface area contributed by atoms with Gasteiger partial charge >= 0.3 is 22.5 Å². The second-order valence-electron chi connectivity index (χ2n) is 8.49. The largest absolute Gasteiger partial charge is 0.444 e. The Balaban J connectivity index is 1.56. The molecule has 2 fully saturated rings. The van der Waals surface area contributed by atoms with Gasteiger partial charge in [-0.25, -0.2) is 9.59 Å². The van der Waals surface area contributed by atoms with Gasteiger partial charge in [0.1, 0.15) is 23.6 Å². The summed E-state index contributed by atoms with van der Waals surface area (Å²) in [5.41, 5.74) is -0.685. The molecule has 0 saturated carbocycles. The van der Waals surface area contributed by atoms with E-state index in [0.29, 0.717) is 17.9 Å². The number of amides is 3. The van der Waals surface area contributed by atoms with Gasteiger partial charge in [-0.3, -0.25) is 9.87 Å². The van der Waals surface area contributed by atoms with E-state index in [4.69, 9.17) is 13.7 Å². The Morgan fingerprint density at radius 3 is 2.70 bits per heavy atom. The molecular weight excluding hydrogens is 464 g/mol. The molecule has 2 bridgehead atoms. The zero-order valence-electron chi connectivity index (χ0n) is 18.2. The van der Waals surface area contributed by atoms with Crippen molar-refractivity contribution in [3.8, 4) is 0 Å². The molecule has 0 radical (unpaired) electrons. The summed E-state index contributed by atoms with van der Waals surface area (Å²) in [5.74, 6) is 0.000549. The summed E-state index contributed by atoms with van der Waals surface area (Å²) < 4.78 is 45.8. The Kier molecular flexibility index (Phi) is 6.83. The summed E-state index contributed by atoms with van der Waals surface area (Å²) in [6.45, 7) is 8.75. The summed E-state index contributed by atoms with van der Waals surface area (Å²) in [6.07, 6.45) is -1.24. The zero-order valence-corrected chi connectivity index (χ0v) is 19.0. The maximum atomic E-state index is 12.5. The summed E-state index contributed by atoms with van der Waals surface area (Å²) in [6, 6.07) is -1.99. The van der Waals surface area contributed by atoms with E-state index < -0.39 is 46.3 Å². The molecule has 2 saturated heterocycles. The fourth-order valence-corrected chi connectivity index (χ4v) is 3.77. The molecule has 1 aromatic heterocycles. The number of aliphatic hydroxyl groups excluding tert-OH is 1. The number of fused-ring (bicyclic) bond motifs is 2. The Bertz CT molecular complexity index is 1020. The molecule has 3 rings (SSSR count). The minimum absolute atomic E-state index is 0.0512. The molecule has 0 spiro atoms. The fraction of sp³-hybridized carbons (Fsp3) is 0.647. The average molecular weight is 490 g/mol. The molecule has 2 aliphatic heterocycles. The number of alkyl carbamates (subject to hydrolysis) is 1. The maximum absolute atomic E-state index is 12.5. The van der Waals surface area contributed by atoms with Crippen LogP contribution >= 0.6 is 0 Å². The van der Waals surface area contributed by atoms with Crippen LogP contribution in [0.25, 0.3) is 0 Å². The van der Waals surface area contributed by atoms with Crippen molar-refractivity contribution in [1.29, 1.82) is 0 Å². The van der Waals surface area contributed by atoms with Crippen LogP contribution in [-0.4, -0.2) is 75.1 Å². The van der Waals surface area contributed by atoms with Crippen LogP contribution in [0.2, 0.25) is 0 Å². The highest BCUT2D eigenvalue weighted by Crippen LogP contribution is 2.38. The first-order valence-corrected chi connectivity index (χ1v) is 11.3. The summed E-state index contributed by atoms with van der Waals surface area (Å²) >= 11 is 0. The SMILES string of the molecule is C=C(NC[C@H](O)c1nnc([C@@H]2CC[C@@H]3CN2C(=O)N3OS(=O)(=O)O)o1)NC(=O)OC(C)(C)C. The molecule has 15 nitrogen and oxygen atoms in total. The highest BCUT2D eigenvalue weighted by atomic mass is 32.3. The van der Waals surface area contributed by atoms with Crippen LogP contribution in [0.1, 0.15) is 57.5 Å². The molecule has 3 atom stereocenters. The Hall–Kier alpha value is -2.95. The zero-order chi connectivity index (χ0) is 24.6. The third-order valence-electron chi connectivity index (χ3n) is 4.68. The molecule has 0 aromatic carbocycles. The van der Waals surface area contributed by atoms with Crippen molar-refractivity contribution in [2.24, 2.45) is 0 Å². The van der Waals surface area contributed by atoms with Gasteiger partial charge < -0.3 is 24.5 Å². The fourth-order valence-electron chi connectivity index (χ4n) is 3.38. The highest BCUT2D eigenvalue weighted by molar-refractivity contribution is 7.80. The number of aliphatic hydroxyl groups is 1. The summed E-state index contributed by atoms with van der Waals surface area (Å²) in [5, 5.41) is 23.7. The van der Waals surface area contributed by atoms with Gasteiger partial charge in [-0.05, 0) is 33.6 Å². The van der Waals surface area contributed by atoms with Crippen LogP contribution in [0.4, 0.5) is 9.59 Å². The van der Waals surface area contributed by atoms with Gasteiger partial charge in [0.15, 0.2) is 0 Å². The van der Waals surface area contributed by atoms with Gasteiger partial charge in [-0.2, -0.15) is 13.5 Å². The third-order valence-corrected chi connectivity index (χ3v) is 5.03. The molecule has 3 heterocycles. The molecule has 0 unspecified atom stereocenters. The van der Waals surface area contributed by atoms with Crippen LogP contribution in [0.5, 0.6) is 0 Å². The van der Waals surface area contributed by atoms with Crippen LogP contribution in [0, 0.1) is 0 Å². The van der Waals surface area contributed by atoms with E-state index in [1.807, 2.05) is 0 Å². The van der Waals surface area contributed by atoms with E-state index in [0.717, 1.165) is 0 Å². The number of rotatable bonds is 8. The van der Waals surface area contributed by atoms with Crippen molar-refractivity contribution in [1.82, 2.24) is 30.8 Å². The standard InChI is InChI=1S/C17H26N6O9S/c1-9(19-15(25)31-17(2,3)4)18-7-12(24)14-21-20-13(30-14)11-6-5-10-8-22(11)16(26)23(10)32-33(27,28)29/h10-12,18,24H,1,5-8H2,2-4H3,(H,19,25)(H,27,28,29)/t10-,11+,12+/m1/s1. The average Bonchev–Trinajstić information content (AvgIpc) is 3.24. The molecule has 33 heavy (non-hydrogen) atoms. The first-order chi connectivity index (χ1) is 15.2. The number of ether oxygens (including phenoxy) is 1. The lowest BCUT2D eigenvalue weighted by Crippen LogP contribution is -2.37. The topological polar surface area (TPSA) is 197 Å². The number of hydroxylamine groups is 2. The van der Waals surface area contributed by atoms with Crippen LogP contribution in [0.15, 0.2) is 16.8 Å². The van der Waals surface area contributed by atoms with Crippen molar-refractivity contribution in [3.05, 3.63) is 24.2 Å². The first kappa shape index (κ1) is 24.7. The second-order valence-corrected chi connectivity index (χ2v) is 9.50.